The Labute approximate surface area is 68.0 Å². The Kier molecular flexibility index (Phi) is 176. The molecule has 4 heteroatoms. The van der Waals surface area contributed by atoms with E-state index in [4.69, 9.17) is 0 Å². The fourth-order valence-electron chi connectivity index (χ4n) is 0. The molecule has 4 heavy (non-hydrogen) atoms. The minimum absolute atomic E-state index is 0. The van der Waals surface area contributed by atoms with E-state index in [-0.39, 0.29) is 68.6 Å². The van der Waals surface area contributed by atoms with E-state index >= 15 is 0 Å². The van der Waals surface area contributed by atoms with Crippen molar-refractivity contribution in [3.8, 4) is 0 Å². The van der Waals surface area contributed by atoms with E-state index < -0.39 is 0 Å². The van der Waals surface area contributed by atoms with Crippen molar-refractivity contribution in [1.82, 2.24) is 0 Å². The van der Waals surface area contributed by atoms with Gasteiger partial charge in [-0.25, -0.2) is 0 Å². The van der Waals surface area contributed by atoms with Crippen LogP contribution in [0.3, 0.4) is 0 Å². The van der Waals surface area contributed by atoms with E-state index in [1.165, 1.54) is 0 Å². The molecule has 0 unspecified atom stereocenters. The van der Waals surface area contributed by atoms with Gasteiger partial charge < -0.3 is 0 Å². The Balaban J connectivity index is 0. The summed E-state index contributed by atoms with van der Waals surface area (Å²) >= 11 is 0. The third-order valence-electron chi connectivity index (χ3n) is 0. The van der Waals surface area contributed by atoms with Gasteiger partial charge in [-0.2, -0.15) is 0 Å². The zero-order chi connectivity index (χ0) is 0. The van der Waals surface area contributed by atoms with Crippen LogP contribution in [0.15, 0.2) is 0 Å². The second-order valence-corrected chi connectivity index (χ2v) is 0. The Bertz CT molecular complexity index is 6.00. The molecule has 0 aromatic carbocycles. The molecule has 0 saturated carbocycles. The first-order valence-corrected chi connectivity index (χ1v) is 0. The van der Waals surface area contributed by atoms with Gasteiger partial charge in [0.25, 0.3) is 0 Å². The molecule has 0 aliphatic carbocycles. The summed E-state index contributed by atoms with van der Waals surface area (Å²) in [6.45, 7) is 0. The zero-order valence-corrected chi connectivity index (χ0v) is 4.47. The summed E-state index contributed by atoms with van der Waals surface area (Å²) in [5, 5.41) is 0. The monoisotopic (exact) mass is 197 g/mol. The van der Waals surface area contributed by atoms with Crippen molar-refractivity contribution in [2.45, 2.75) is 0 Å². The Morgan fingerprint density at radius 3 is 0.750 bits per heavy atom. The molecule has 0 saturated heterocycles. The summed E-state index contributed by atoms with van der Waals surface area (Å²) in [5.41, 5.74) is 0. The zero-order valence-electron chi connectivity index (χ0n) is 1.09. The molecule has 0 N–H and O–H groups in total. The van der Waals surface area contributed by atoms with Crippen molar-refractivity contribution in [1.29, 1.82) is 0 Å². The summed E-state index contributed by atoms with van der Waals surface area (Å²) in [6, 6.07) is 0. The molecule has 0 aromatic heterocycles. The normalized spacial score (nSPS) is 0. The third kappa shape index (κ3) is 8.94. The first-order chi connectivity index (χ1) is 0. The summed E-state index contributed by atoms with van der Waals surface area (Å²) in [5.74, 6) is 0. The maximum absolute atomic E-state index is 0. The topological polar surface area (TPSA) is 0 Å². The van der Waals surface area contributed by atoms with Gasteiger partial charge >= 0.3 is 0 Å². The molecule has 0 spiro atoms. The molecule has 29 valence electrons. The van der Waals surface area contributed by atoms with E-state index in [0.29, 0.717) is 0 Å². The average molecular weight is 197 g/mol. The predicted molar refractivity (Wildman–Crippen MR) is 9.94 cm³/mol. The van der Waals surface area contributed by atoms with Gasteiger partial charge in [-0.3, -0.25) is 0 Å². The van der Waals surface area contributed by atoms with Crippen molar-refractivity contribution in [2.24, 2.45) is 0 Å². The number of hydrogen-bond acceptors (Lipinski definition) is 0. The van der Waals surface area contributed by atoms with Crippen LogP contribution in [-0.2, 0) is 51.2 Å². The van der Waals surface area contributed by atoms with Crippen LogP contribution in [0.4, 0.5) is 0 Å². The molecule has 0 bridgehead atoms. The van der Waals surface area contributed by atoms with Gasteiger partial charge in [0.2, 0.25) is 0 Å². The maximum Gasteiger partial charge on any atom is 0.187 e. The van der Waals surface area contributed by atoms with Crippen LogP contribution in [-0.4, -0.2) is 17.4 Å². The van der Waals surface area contributed by atoms with Crippen LogP contribution in [0.2, 0.25) is 0 Å². The standard InChI is InChI=1S/Al.2Fe.Mn.3H. The van der Waals surface area contributed by atoms with Crippen molar-refractivity contribution in [3.63, 3.8) is 0 Å². The van der Waals surface area contributed by atoms with E-state index in [1.807, 2.05) is 0 Å². The fourth-order valence-corrected chi connectivity index (χ4v) is 0. The molecule has 0 nitrogen and oxygen atoms in total. The first kappa shape index (κ1) is 36.1. The van der Waals surface area contributed by atoms with E-state index in [0.717, 1.165) is 0 Å². The first-order valence-electron chi connectivity index (χ1n) is 0. The average Bonchev–Trinajstić information content (AvgIpc) is 0. The van der Waals surface area contributed by atoms with Crippen LogP contribution in [0.25, 0.3) is 0 Å². The quantitative estimate of drug-likeness (QED) is 0.428. The van der Waals surface area contributed by atoms with Crippen LogP contribution >= 0.6 is 0 Å². The van der Waals surface area contributed by atoms with Gasteiger partial charge in [-0.15, -0.1) is 0 Å². The molecule has 0 aliphatic rings. The molecule has 0 fully saturated rings. The molecule has 0 aromatic rings. The summed E-state index contributed by atoms with van der Waals surface area (Å²) in [7, 11) is 0. The van der Waals surface area contributed by atoms with Gasteiger partial charge in [0.15, 0.2) is 17.4 Å². The van der Waals surface area contributed by atoms with E-state index in [2.05, 4.69) is 0 Å². The molecular formula is H3AlFe2Mn. The van der Waals surface area contributed by atoms with Gasteiger partial charge in [-0.1, -0.05) is 0 Å². The summed E-state index contributed by atoms with van der Waals surface area (Å²) < 4.78 is 0. The molecule has 0 amide bonds. The Hall–Kier alpha value is 2.09. The van der Waals surface area contributed by atoms with Crippen molar-refractivity contribution >= 4 is 17.4 Å². The maximum atomic E-state index is 0. The third-order valence-corrected chi connectivity index (χ3v) is 0. The minimum Gasteiger partial charge on any atom is 0 e. The molecular weight excluding hydrogens is 194 g/mol. The second-order valence-electron chi connectivity index (χ2n) is 0. The smallest absolute Gasteiger partial charge is 0 e. The Morgan fingerprint density at radius 2 is 0.750 bits per heavy atom. The van der Waals surface area contributed by atoms with Gasteiger partial charge in [0.1, 0.15) is 0 Å². The predicted octanol–water partition coefficient (Wildman–Crippen LogP) is -1.19. The van der Waals surface area contributed by atoms with E-state index in [9.17, 15) is 0 Å². The van der Waals surface area contributed by atoms with Gasteiger partial charge in [0, 0.05) is 51.2 Å². The van der Waals surface area contributed by atoms with Crippen LogP contribution in [0.5, 0.6) is 0 Å². The number of hydrogen-bond donors (Lipinski definition) is 0. The summed E-state index contributed by atoms with van der Waals surface area (Å²) in [6.07, 6.45) is 0. The van der Waals surface area contributed by atoms with E-state index in [1.54, 1.807) is 0 Å². The number of rotatable bonds is 0. The van der Waals surface area contributed by atoms with Crippen molar-refractivity contribution in [2.75, 3.05) is 0 Å². The van der Waals surface area contributed by atoms with Gasteiger partial charge in [0.05, 0.1) is 0 Å². The largest absolute Gasteiger partial charge is 0.187 e. The van der Waals surface area contributed by atoms with Crippen LogP contribution in [0.1, 0.15) is 0 Å². The minimum atomic E-state index is 0. The van der Waals surface area contributed by atoms with Crippen molar-refractivity contribution < 1.29 is 51.2 Å². The van der Waals surface area contributed by atoms with Crippen LogP contribution in [0, 0.1) is 0 Å². The molecule has 1 radical (unpaired) electrons. The molecule has 0 atom stereocenters. The molecule has 0 aliphatic heterocycles. The summed E-state index contributed by atoms with van der Waals surface area (Å²) in [4.78, 5) is 0. The van der Waals surface area contributed by atoms with Crippen molar-refractivity contribution in [3.05, 3.63) is 0 Å². The SMILES string of the molecule is [AlH3].[Fe].[Fe].[Mn]. The Morgan fingerprint density at radius 1 is 0.750 bits per heavy atom. The second kappa shape index (κ2) is 19.5. The fraction of sp³-hybridized carbons (Fsp3) is 0. The molecule has 0 heterocycles. The molecule has 0 rings (SSSR count). The van der Waals surface area contributed by atoms with Crippen LogP contribution < -0.4 is 0 Å². The van der Waals surface area contributed by atoms with Gasteiger partial charge in [-0.05, 0) is 0 Å².